The molecule has 0 bridgehead atoms. The molecule has 0 N–H and O–H groups in total. The molecular weight excluding hydrogens is 448 g/mol. The molecule has 3 nitrogen and oxygen atoms in total. The van der Waals surface area contributed by atoms with Crippen molar-refractivity contribution in [1.29, 1.82) is 0 Å². The lowest BCUT2D eigenvalue weighted by molar-refractivity contribution is -0.188. The highest BCUT2D eigenvalue weighted by molar-refractivity contribution is 6.30. The van der Waals surface area contributed by atoms with E-state index in [-0.39, 0.29) is 11.8 Å². The number of allylic oxidation sites excluding steroid dienone is 1. The molecule has 1 aliphatic heterocycles. The van der Waals surface area contributed by atoms with Gasteiger partial charge in [-0.3, -0.25) is 4.79 Å². The van der Waals surface area contributed by atoms with E-state index in [1.54, 1.807) is 36.4 Å². The molecule has 8 heteroatoms. The Morgan fingerprint density at radius 2 is 1.65 bits per heavy atom. The molecule has 2 aromatic rings. The molecule has 4 rings (SSSR count). The number of alkyl halides is 3. The Labute approximate surface area is 188 Å². The average Bonchev–Trinajstić information content (AvgIpc) is 3.08. The van der Waals surface area contributed by atoms with Gasteiger partial charge in [0, 0.05) is 16.0 Å². The molecule has 162 valence electrons. The van der Waals surface area contributed by atoms with Crippen molar-refractivity contribution in [1.82, 2.24) is 5.01 Å². The second kappa shape index (κ2) is 8.32. The average molecular weight is 467 g/mol. The largest absolute Gasteiger partial charge is 0.473 e. The van der Waals surface area contributed by atoms with Crippen LogP contribution in [0.15, 0.2) is 59.2 Å². The summed E-state index contributed by atoms with van der Waals surface area (Å²) in [7, 11) is 0. The molecule has 0 aromatic heterocycles. The zero-order chi connectivity index (χ0) is 22.3. The van der Waals surface area contributed by atoms with Gasteiger partial charge >= 0.3 is 12.1 Å². The molecule has 1 amide bonds. The molecule has 1 heterocycles. The maximum Gasteiger partial charge on any atom is 0.473 e. The van der Waals surface area contributed by atoms with Crippen molar-refractivity contribution < 1.29 is 18.0 Å². The molecule has 1 fully saturated rings. The first-order valence-electron chi connectivity index (χ1n) is 9.84. The number of benzene rings is 2. The third kappa shape index (κ3) is 4.51. The van der Waals surface area contributed by atoms with Gasteiger partial charge in [0.25, 0.3) is 0 Å². The molecule has 2 aliphatic rings. The lowest BCUT2D eigenvalue weighted by atomic mass is 9.73. The monoisotopic (exact) mass is 466 g/mol. The molecule has 31 heavy (non-hydrogen) atoms. The Morgan fingerprint density at radius 1 is 1.06 bits per heavy atom. The summed E-state index contributed by atoms with van der Waals surface area (Å²) in [6.07, 6.45) is -1.81. The highest BCUT2D eigenvalue weighted by Gasteiger charge is 2.52. The number of nitrogens with zero attached hydrogens (tertiary/aromatic N) is 2. The molecule has 1 aliphatic carbocycles. The van der Waals surface area contributed by atoms with E-state index in [4.69, 9.17) is 23.2 Å². The maximum atomic E-state index is 13.4. The predicted octanol–water partition coefficient (Wildman–Crippen LogP) is 6.92. The second-order valence-corrected chi connectivity index (χ2v) is 8.87. The van der Waals surface area contributed by atoms with Crippen molar-refractivity contribution in [2.75, 3.05) is 0 Å². The summed E-state index contributed by atoms with van der Waals surface area (Å²) in [5.41, 5.74) is 2.82. The van der Waals surface area contributed by atoms with Crippen LogP contribution in [0.2, 0.25) is 10.0 Å². The van der Waals surface area contributed by atoms with E-state index in [0.29, 0.717) is 39.2 Å². The van der Waals surface area contributed by atoms with Crippen molar-refractivity contribution in [3.05, 3.63) is 75.3 Å². The Hall–Kier alpha value is -2.31. The normalized spacial score (nSPS) is 24.8. The first-order chi connectivity index (χ1) is 14.6. The van der Waals surface area contributed by atoms with Gasteiger partial charge in [0.1, 0.15) is 0 Å². The summed E-state index contributed by atoms with van der Waals surface area (Å²) in [6.45, 7) is 2.06. The molecule has 0 saturated heterocycles. The Kier molecular flexibility index (Phi) is 5.88. The number of hydrogen-bond acceptors (Lipinski definition) is 2. The first-order valence-corrected chi connectivity index (χ1v) is 10.6. The van der Waals surface area contributed by atoms with E-state index in [1.807, 2.05) is 18.2 Å². The van der Waals surface area contributed by atoms with Crippen LogP contribution in [-0.4, -0.2) is 22.8 Å². The van der Waals surface area contributed by atoms with Gasteiger partial charge in [0.15, 0.2) is 0 Å². The molecule has 0 radical (unpaired) electrons. The molecule has 3 atom stereocenters. The third-order valence-corrected chi connectivity index (χ3v) is 6.14. The van der Waals surface area contributed by atoms with E-state index in [2.05, 4.69) is 12.0 Å². The topological polar surface area (TPSA) is 32.7 Å². The van der Waals surface area contributed by atoms with Gasteiger partial charge in [0.2, 0.25) is 0 Å². The summed E-state index contributed by atoms with van der Waals surface area (Å²) in [5.74, 6) is -2.08. The van der Waals surface area contributed by atoms with Crippen LogP contribution in [0.3, 0.4) is 0 Å². The number of hydrogen-bond donors (Lipinski definition) is 0. The first kappa shape index (κ1) is 21.9. The van der Waals surface area contributed by atoms with Crippen LogP contribution in [-0.2, 0) is 4.79 Å². The van der Waals surface area contributed by atoms with Crippen LogP contribution in [0.4, 0.5) is 13.2 Å². The minimum Gasteiger partial charge on any atom is -0.262 e. The number of halogens is 5. The van der Waals surface area contributed by atoms with Gasteiger partial charge in [-0.15, -0.1) is 0 Å². The number of carbonyl (C=O) groups excluding carboxylic acids is 1. The van der Waals surface area contributed by atoms with Gasteiger partial charge in [-0.05, 0) is 65.8 Å². The fraction of sp³-hybridized carbons (Fsp3) is 0.304. The van der Waals surface area contributed by atoms with Gasteiger partial charge in [-0.1, -0.05) is 54.4 Å². The molecule has 0 spiro atoms. The van der Waals surface area contributed by atoms with Crippen molar-refractivity contribution in [2.24, 2.45) is 16.9 Å². The SMILES string of the molecule is C[C@H]1C/C(=C/c2ccc(Cl)cc2)C2=NN(C(=O)C(F)(F)F)[C@@H](c3ccc(Cl)cc3)[C@H]2C1. The number of hydrazone groups is 1. The van der Waals surface area contributed by atoms with Crippen molar-refractivity contribution in [3.63, 3.8) is 0 Å². The summed E-state index contributed by atoms with van der Waals surface area (Å²) in [5, 5.41) is 5.91. The molecule has 0 unspecified atom stereocenters. The summed E-state index contributed by atoms with van der Waals surface area (Å²) >= 11 is 11.9. The van der Waals surface area contributed by atoms with Crippen LogP contribution in [0.25, 0.3) is 6.08 Å². The zero-order valence-corrected chi connectivity index (χ0v) is 18.0. The Bertz CT molecular complexity index is 1050. The number of rotatable bonds is 2. The fourth-order valence-corrected chi connectivity index (χ4v) is 4.59. The second-order valence-electron chi connectivity index (χ2n) is 8.00. The lowest BCUT2D eigenvalue weighted by Crippen LogP contribution is -2.40. The number of carbonyl (C=O) groups is 1. The minimum absolute atomic E-state index is 0.221. The lowest BCUT2D eigenvalue weighted by Gasteiger charge is -2.32. The third-order valence-electron chi connectivity index (χ3n) is 5.64. The van der Waals surface area contributed by atoms with Gasteiger partial charge < -0.3 is 0 Å². The minimum atomic E-state index is -5.02. The van der Waals surface area contributed by atoms with E-state index in [9.17, 15) is 18.0 Å². The summed E-state index contributed by atoms with van der Waals surface area (Å²) in [4.78, 5) is 12.3. The highest BCUT2D eigenvalue weighted by Crippen LogP contribution is 2.47. The zero-order valence-electron chi connectivity index (χ0n) is 16.5. The van der Waals surface area contributed by atoms with Gasteiger partial charge in [0.05, 0.1) is 11.8 Å². The van der Waals surface area contributed by atoms with Gasteiger partial charge in [-0.25, -0.2) is 5.01 Å². The Morgan fingerprint density at radius 3 is 2.23 bits per heavy atom. The van der Waals surface area contributed by atoms with E-state index in [1.165, 1.54) is 0 Å². The number of amides is 1. The smallest absolute Gasteiger partial charge is 0.262 e. The summed E-state index contributed by atoms with van der Waals surface area (Å²) in [6, 6.07) is 12.9. The van der Waals surface area contributed by atoms with Crippen molar-refractivity contribution in [3.8, 4) is 0 Å². The summed E-state index contributed by atoms with van der Waals surface area (Å²) < 4.78 is 40.1. The predicted molar refractivity (Wildman–Crippen MR) is 116 cm³/mol. The van der Waals surface area contributed by atoms with Crippen LogP contribution < -0.4 is 0 Å². The Balaban J connectivity index is 1.80. The quantitative estimate of drug-likeness (QED) is 0.472. The molecular formula is C23H19Cl2F3N2O. The highest BCUT2D eigenvalue weighted by atomic mass is 35.5. The fourth-order valence-electron chi connectivity index (χ4n) is 4.34. The van der Waals surface area contributed by atoms with Crippen molar-refractivity contribution in [2.45, 2.75) is 32.0 Å². The molecule has 2 aromatic carbocycles. The van der Waals surface area contributed by atoms with E-state index >= 15 is 0 Å². The van der Waals surface area contributed by atoms with Gasteiger partial charge in [-0.2, -0.15) is 18.3 Å². The number of fused-ring (bicyclic) bond motifs is 1. The van der Waals surface area contributed by atoms with Crippen LogP contribution in [0.1, 0.15) is 36.9 Å². The van der Waals surface area contributed by atoms with E-state index in [0.717, 1.165) is 11.1 Å². The van der Waals surface area contributed by atoms with Crippen LogP contribution in [0, 0.1) is 11.8 Å². The molecule has 1 saturated carbocycles. The van der Waals surface area contributed by atoms with E-state index < -0.39 is 18.1 Å². The maximum absolute atomic E-state index is 13.4. The van der Waals surface area contributed by atoms with Crippen LogP contribution >= 0.6 is 23.2 Å². The van der Waals surface area contributed by atoms with Crippen molar-refractivity contribution >= 4 is 40.9 Å². The standard InChI is InChI=1S/C23H19Cl2F3N2O/c1-13-10-16(12-14-2-6-17(24)7-3-14)20-19(11-13)21(15-4-8-18(25)9-5-15)30(29-20)22(31)23(26,27)28/h2-9,12-13,19,21H,10-11H2,1H3/b16-12-/t13-,19-,21-/m0/s1. The van der Waals surface area contributed by atoms with Crippen LogP contribution in [0.5, 0.6) is 0 Å².